The van der Waals surface area contributed by atoms with Gasteiger partial charge in [0.1, 0.15) is 5.82 Å². The van der Waals surface area contributed by atoms with E-state index in [-0.39, 0.29) is 5.82 Å². The number of hydrogen-bond donors (Lipinski definition) is 0. The van der Waals surface area contributed by atoms with Crippen molar-refractivity contribution in [2.45, 2.75) is 52.7 Å². The van der Waals surface area contributed by atoms with Crippen LogP contribution in [0.5, 0.6) is 0 Å². The maximum Gasteiger partial charge on any atom is 0.123 e. The summed E-state index contributed by atoms with van der Waals surface area (Å²) in [7, 11) is 0. The molecule has 1 aromatic rings. The molecule has 2 rings (SSSR count). The van der Waals surface area contributed by atoms with E-state index in [9.17, 15) is 4.39 Å². The SMILES string of the molecule is CC(C)[C@@H]1CC[C@@H](C)CC1OCc1ccc(F)cc1. The van der Waals surface area contributed by atoms with Gasteiger partial charge in [-0.15, -0.1) is 0 Å². The second-order valence-corrected chi connectivity index (χ2v) is 6.30. The number of hydrogen-bond acceptors (Lipinski definition) is 1. The molecule has 2 heteroatoms. The van der Waals surface area contributed by atoms with Gasteiger partial charge in [-0.2, -0.15) is 0 Å². The summed E-state index contributed by atoms with van der Waals surface area (Å²) in [6.07, 6.45) is 4.10. The highest BCUT2D eigenvalue weighted by molar-refractivity contribution is 5.15. The highest BCUT2D eigenvalue weighted by Gasteiger charge is 2.31. The lowest BCUT2D eigenvalue weighted by atomic mass is 9.75. The first-order valence-corrected chi connectivity index (χ1v) is 7.42. The van der Waals surface area contributed by atoms with Crippen molar-refractivity contribution in [1.82, 2.24) is 0 Å². The first kappa shape index (κ1) is 14.5. The molecule has 1 aromatic carbocycles. The second-order valence-electron chi connectivity index (χ2n) is 6.30. The van der Waals surface area contributed by atoms with Crippen LogP contribution in [0.4, 0.5) is 4.39 Å². The summed E-state index contributed by atoms with van der Waals surface area (Å²) in [5.74, 6) is 1.91. The molecule has 1 aliphatic carbocycles. The number of benzene rings is 1. The Balaban J connectivity index is 1.93. The summed E-state index contributed by atoms with van der Waals surface area (Å²) < 4.78 is 19.0. The van der Waals surface area contributed by atoms with Crippen LogP contribution in [0.25, 0.3) is 0 Å². The minimum absolute atomic E-state index is 0.185. The van der Waals surface area contributed by atoms with Crippen LogP contribution in [-0.4, -0.2) is 6.10 Å². The maximum atomic E-state index is 12.9. The fourth-order valence-electron chi connectivity index (χ4n) is 3.09. The lowest BCUT2D eigenvalue weighted by Gasteiger charge is -2.37. The molecule has 0 aliphatic heterocycles. The van der Waals surface area contributed by atoms with Crippen molar-refractivity contribution in [2.24, 2.45) is 17.8 Å². The third-order valence-electron chi connectivity index (χ3n) is 4.34. The smallest absolute Gasteiger partial charge is 0.123 e. The summed E-state index contributed by atoms with van der Waals surface area (Å²) in [5, 5.41) is 0. The molecule has 19 heavy (non-hydrogen) atoms. The van der Waals surface area contributed by atoms with E-state index in [1.54, 1.807) is 0 Å². The molecule has 106 valence electrons. The molecular formula is C17H25FO. The van der Waals surface area contributed by atoms with E-state index in [0.717, 1.165) is 17.9 Å². The van der Waals surface area contributed by atoms with Crippen molar-refractivity contribution in [2.75, 3.05) is 0 Å². The Labute approximate surface area is 116 Å². The molecule has 1 aliphatic rings. The van der Waals surface area contributed by atoms with Crippen molar-refractivity contribution >= 4 is 0 Å². The second kappa shape index (κ2) is 6.51. The monoisotopic (exact) mass is 264 g/mol. The zero-order chi connectivity index (χ0) is 13.8. The largest absolute Gasteiger partial charge is 0.373 e. The van der Waals surface area contributed by atoms with Crippen molar-refractivity contribution in [1.29, 1.82) is 0 Å². The van der Waals surface area contributed by atoms with Crippen LogP contribution in [-0.2, 0) is 11.3 Å². The summed E-state index contributed by atoms with van der Waals surface area (Å²) >= 11 is 0. The predicted octanol–water partition coefficient (Wildman–Crippen LogP) is 4.80. The van der Waals surface area contributed by atoms with Crippen molar-refractivity contribution in [3.05, 3.63) is 35.6 Å². The molecule has 0 heterocycles. The van der Waals surface area contributed by atoms with Gasteiger partial charge < -0.3 is 4.74 Å². The molecule has 0 N–H and O–H groups in total. The highest BCUT2D eigenvalue weighted by atomic mass is 19.1. The first-order chi connectivity index (χ1) is 9.06. The molecule has 1 nitrogen and oxygen atoms in total. The van der Waals surface area contributed by atoms with Gasteiger partial charge in [0.25, 0.3) is 0 Å². The van der Waals surface area contributed by atoms with Crippen LogP contribution in [0, 0.1) is 23.6 Å². The van der Waals surface area contributed by atoms with Crippen molar-refractivity contribution in [3.8, 4) is 0 Å². The minimum atomic E-state index is -0.185. The lowest BCUT2D eigenvalue weighted by molar-refractivity contribution is -0.0472. The van der Waals surface area contributed by atoms with E-state index in [1.165, 1.54) is 25.0 Å². The number of ether oxygens (including phenoxy) is 1. The molecule has 0 aromatic heterocycles. The van der Waals surface area contributed by atoms with Gasteiger partial charge in [0, 0.05) is 0 Å². The standard InChI is InChI=1S/C17H25FO/c1-12(2)16-9-4-13(3)10-17(16)19-11-14-5-7-15(18)8-6-14/h5-8,12-13,16-17H,4,9-11H2,1-3H3/t13-,16+,17?/m1/s1. The molecule has 0 bridgehead atoms. The van der Waals surface area contributed by atoms with E-state index in [0.29, 0.717) is 24.5 Å². The highest BCUT2D eigenvalue weighted by Crippen LogP contribution is 2.35. The number of rotatable bonds is 4. The molecule has 0 amide bonds. The first-order valence-electron chi connectivity index (χ1n) is 7.42. The normalized spacial score (nSPS) is 27.7. The fourth-order valence-corrected chi connectivity index (χ4v) is 3.09. The van der Waals surface area contributed by atoms with Crippen molar-refractivity contribution in [3.63, 3.8) is 0 Å². The molecule has 0 saturated heterocycles. The summed E-state index contributed by atoms with van der Waals surface area (Å²) in [5.41, 5.74) is 1.06. The van der Waals surface area contributed by atoms with Gasteiger partial charge in [-0.25, -0.2) is 4.39 Å². The fraction of sp³-hybridized carbons (Fsp3) is 0.647. The topological polar surface area (TPSA) is 9.23 Å². The van der Waals surface area contributed by atoms with E-state index in [1.807, 2.05) is 12.1 Å². The van der Waals surface area contributed by atoms with Gasteiger partial charge >= 0.3 is 0 Å². The van der Waals surface area contributed by atoms with Gasteiger partial charge in [0.2, 0.25) is 0 Å². The zero-order valence-corrected chi connectivity index (χ0v) is 12.2. The van der Waals surface area contributed by atoms with E-state index < -0.39 is 0 Å². The van der Waals surface area contributed by atoms with Crippen LogP contribution >= 0.6 is 0 Å². The Hall–Kier alpha value is -0.890. The number of halogens is 1. The Kier molecular flexibility index (Phi) is 4.98. The average Bonchev–Trinajstić information content (AvgIpc) is 2.38. The molecule has 0 radical (unpaired) electrons. The lowest BCUT2D eigenvalue weighted by Crippen LogP contribution is -2.34. The van der Waals surface area contributed by atoms with Gasteiger partial charge in [-0.05, 0) is 48.3 Å². The van der Waals surface area contributed by atoms with E-state index in [4.69, 9.17) is 4.74 Å². The van der Waals surface area contributed by atoms with Crippen LogP contribution in [0.1, 0.15) is 45.6 Å². The summed E-state index contributed by atoms with van der Waals surface area (Å²) in [6.45, 7) is 7.48. The Morgan fingerprint density at radius 1 is 1.21 bits per heavy atom. The van der Waals surface area contributed by atoms with Crippen LogP contribution in [0.3, 0.4) is 0 Å². The van der Waals surface area contributed by atoms with Crippen LogP contribution in [0.15, 0.2) is 24.3 Å². The van der Waals surface area contributed by atoms with Gasteiger partial charge in [-0.3, -0.25) is 0 Å². The molecular weight excluding hydrogens is 239 g/mol. The van der Waals surface area contributed by atoms with Crippen molar-refractivity contribution < 1.29 is 9.13 Å². The third kappa shape index (κ3) is 4.04. The van der Waals surface area contributed by atoms with Gasteiger partial charge in [-0.1, -0.05) is 39.3 Å². The minimum Gasteiger partial charge on any atom is -0.373 e. The third-order valence-corrected chi connectivity index (χ3v) is 4.34. The quantitative estimate of drug-likeness (QED) is 0.758. The summed E-state index contributed by atoms with van der Waals surface area (Å²) in [6, 6.07) is 6.63. The van der Waals surface area contributed by atoms with Crippen LogP contribution < -0.4 is 0 Å². The van der Waals surface area contributed by atoms with Gasteiger partial charge in [0.15, 0.2) is 0 Å². The maximum absolute atomic E-state index is 12.9. The molecule has 1 saturated carbocycles. The average molecular weight is 264 g/mol. The van der Waals surface area contributed by atoms with E-state index in [2.05, 4.69) is 20.8 Å². The molecule has 1 unspecified atom stereocenters. The Morgan fingerprint density at radius 2 is 1.89 bits per heavy atom. The molecule has 0 spiro atoms. The Bertz CT molecular complexity index is 385. The molecule has 1 fully saturated rings. The molecule has 3 atom stereocenters. The van der Waals surface area contributed by atoms with Gasteiger partial charge in [0.05, 0.1) is 12.7 Å². The predicted molar refractivity (Wildman–Crippen MR) is 76.3 cm³/mol. The zero-order valence-electron chi connectivity index (χ0n) is 12.2. The van der Waals surface area contributed by atoms with Crippen LogP contribution in [0.2, 0.25) is 0 Å². The summed E-state index contributed by atoms with van der Waals surface area (Å²) in [4.78, 5) is 0. The van der Waals surface area contributed by atoms with E-state index >= 15 is 0 Å². The Morgan fingerprint density at radius 3 is 2.53 bits per heavy atom.